The van der Waals surface area contributed by atoms with E-state index < -0.39 is 28.0 Å². The minimum Gasteiger partial charge on any atom is -0.497 e. The van der Waals surface area contributed by atoms with Crippen LogP contribution in [0.5, 0.6) is 11.5 Å². The topological polar surface area (TPSA) is 123 Å². The normalized spacial score (nSPS) is 13.1. The number of methoxy groups -OCH3 is 2. The molecule has 0 saturated heterocycles. The van der Waals surface area contributed by atoms with Gasteiger partial charge >= 0.3 is 0 Å². The van der Waals surface area contributed by atoms with Crippen molar-refractivity contribution < 1.29 is 27.5 Å². The summed E-state index contributed by atoms with van der Waals surface area (Å²) in [7, 11) is -0.880. The summed E-state index contributed by atoms with van der Waals surface area (Å²) < 4.78 is 38.1. The predicted molar refractivity (Wildman–Crippen MR) is 117 cm³/mol. The number of hydrogen-bond acceptors (Lipinski definition) is 6. The third kappa shape index (κ3) is 6.43. The Bertz CT molecular complexity index is 1040. The average molecular weight is 450 g/mol. The average Bonchev–Trinajstić information content (AvgIpc) is 2.72. The van der Waals surface area contributed by atoms with Gasteiger partial charge in [0.05, 0.1) is 31.2 Å². The van der Waals surface area contributed by atoms with E-state index in [2.05, 4.69) is 15.4 Å². The largest absolute Gasteiger partial charge is 0.497 e. The highest BCUT2D eigenvalue weighted by atomic mass is 32.2. The fraction of sp³-hybridized carbons (Fsp3) is 0.333. The second-order valence-corrected chi connectivity index (χ2v) is 8.60. The molecule has 0 spiro atoms. The summed E-state index contributed by atoms with van der Waals surface area (Å²) in [4.78, 5) is 23.6. The van der Waals surface area contributed by atoms with Crippen LogP contribution in [0.1, 0.15) is 32.4 Å². The van der Waals surface area contributed by atoms with Gasteiger partial charge in [0.25, 0.3) is 0 Å². The first-order valence-electron chi connectivity index (χ1n) is 9.49. The molecule has 9 nitrogen and oxygen atoms in total. The van der Waals surface area contributed by atoms with Crippen molar-refractivity contribution in [2.24, 2.45) is 0 Å². The second-order valence-electron chi connectivity index (χ2n) is 6.89. The van der Waals surface area contributed by atoms with E-state index in [1.165, 1.54) is 45.2 Å². The molecule has 0 fully saturated rings. The zero-order valence-corrected chi connectivity index (χ0v) is 18.9. The molecule has 0 aliphatic heterocycles. The van der Waals surface area contributed by atoms with E-state index in [4.69, 9.17) is 9.47 Å². The Morgan fingerprint density at radius 2 is 1.61 bits per heavy atom. The maximum atomic E-state index is 12.6. The molecule has 0 aliphatic carbocycles. The summed E-state index contributed by atoms with van der Waals surface area (Å²) in [6, 6.07) is 9.41. The summed E-state index contributed by atoms with van der Waals surface area (Å²) in [5, 5.41) is 5.34. The van der Waals surface area contributed by atoms with Gasteiger partial charge in [-0.1, -0.05) is 0 Å². The Morgan fingerprint density at radius 1 is 0.968 bits per heavy atom. The molecule has 31 heavy (non-hydrogen) atoms. The maximum absolute atomic E-state index is 12.6. The third-order valence-electron chi connectivity index (χ3n) is 4.48. The molecular weight excluding hydrogens is 422 g/mol. The van der Waals surface area contributed by atoms with Crippen molar-refractivity contribution in [2.45, 2.75) is 37.8 Å². The van der Waals surface area contributed by atoms with Crippen molar-refractivity contribution in [3.05, 3.63) is 48.0 Å². The lowest BCUT2D eigenvalue weighted by atomic mass is 10.1. The lowest BCUT2D eigenvalue weighted by molar-refractivity contribution is -0.123. The van der Waals surface area contributed by atoms with Crippen LogP contribution < -0.4 is 24.8 Å². The van der Waals surface area contributed by atoms with E-state index in [0.29, 0.717) is 17.2 Å². The van der Waals surface area contributed by atoms with Crippen LogP contribution in [0.4, 0.5) is 5.69 Å². The molecule has 0 aromatic heterocycles. The number of hydrogen-bond donors (Lipinski definition) is 3. The van der Waals surface area contributed by atoms with Crippen molar-refractivity contribution in [3.8, 4) is 11.5 Å². The molecule has 0 radical (unpaired) electrons. The number of sulfonamides is 1. The van der Waals surface area contributed by atoms with Crippen molar-refractivity contribution in [2.75, 3.05) is 19.5 Å². The standard InChI is InChI=1S/C21H27N3O6S/c1-13(19-11-8-17(29-4)12-20(19)30-5)22-21(26)14(2)24-31(27,28)18-9-6-16(7-10-18)23-15(3)25/h6-14,24H,1-5H3,(H,22,26)(H,23,25)/t13?,14-/m0/s1. The van der Waals surface area contributed by atoms with Gasteiger partial charge in [0.2, 0.25) is 21.8 Å². The van der Waals surface area contributed by atoms with Crippen molar-refractivity contribution in [1.29, 1.82) is 0 Å². The Balaban J connectivity index is 2.06. The first-order chi connectivity index (χ1) is 14.6. The summed E-state index contributed by atoms with van der Waals surface area (Å²) in [6.45, 7) is 4.58. The quantitative estimate of drug-likeness (QED) is 0.539. The van der Waals surface area contributed by atoms with Gasteiger partial charge < -0.3 is 20.1 Å². The minimum atomic E-state index is -3.94. The molecule has 10 heteroatoms. The zero-order chi connectivity index (χ0) is 23.2. The van der Waals surface area contributed by atoms with E-state index in [0.717, 1.165) is 5.56 Å². The van der Waals surface area contributed by atoms with Crippen LogP contribution >= 0.6 is 0 Å². The van der Waals surface area contributed by atoms with Crippen LogP contribution in [0.25, 0.3) is 0 Å². The molecule has 2 amide bonds. The summed E-state index contributed by atoms with van der Waals surface area (Å²) in [5.41, 5.74) is 1.19. The van der Waals surface area contributed by atoms with Gasteiger partial charge in [-0.2, -0.15) is 4.72 Å². The van der Waals surface area contributed by atoms with Crippen LogP contribution in [0, 0.1) is 0 Å². The molecule has 0 saturated carbocycles. The van der Waals surface area contributed by atoms with Crippen molar-refractivity contribution in [3.63, 3.8) is 0 Å². The molecule has 2 rings (SSSR count). The van der Waals surface area contributed by atoms with E-state index in [1.54, 1.807) is 32.2 Å². The fourth-order valence-electron chi connectivity index (χ4n) is 2.87. The number of ether oxygens (including phenoxy) is 2. The first-order valence-corrected chi connectivity index (χ1v) is 11.0. The molecule has 0 bridgehead atoms. The smallest absolute Gasteiger partial charge is 0.241 e. The summed E-state index contributed by atoms with van der Waals surface area (Å²) in [6.07, 6.45) is 0. The number of amides is 2. The fourth-order valence-corrected chi connectivity index (χ4v) is 4.07. The highest BCUT2D eigenvalue weighted by Gasteiger charge is 2.24. The number of benzene rings is 2. The predicted octanol–water partition coefficient (Wildman–Crippen LogP) is 2.21. The van der Waals surface area contributed by atoms with Gasteiger partial charge in [0, 0.05) is 24.2 Å². The molecule has 2 aromatic rings. The van der Waals surface area contributed by atoms with Gasteiger partial charge in [0.1, 0.15) is 11.5 Å². The monoisotopic (exact) mass is 449 g/mol. The number of nitrogens with one attached hydrogen (secondary N) is 3. The van der Waals surface area contributed by atoms with Gasteiger partial charge in [-0.15, -0.1) is 0 Å². The van der Waals surface area contributed by atoms with E-state index >= 15 is 0 Å². The van der Waals surface area contributed by atoms with Crippen molar-refractivity contribution >= 4 is 27.5 Å². The molecule has 0 heterocycles. The van der Waals surface area contributed by atoms with Gasteiger partial charge in [-0.05, 0) is 50.2 Å². The molecule has 3 N–H and O–H groups in total. The van der Waals surface area contributed by atoms with Crippen LogP contribution in [0.3, 0.4) is 0 Å². The van der Waals surface area contributed by atoms with E-state index in [1.807, 2.05) is 0 Å². The van der Waals surface area contributed by atoms with Crippen LogP contribution in [-0.4, -0.2) is 40.5 Å². The Labute approximate surface area is 182 Å². The Kier molecular flexibility index (Phi) is 8.01. The SMILES string of the molecule is COc1ccc(C(C)NC(=O)[C@H](C)NS(=O)(=O)c2ccc(NC(C)=O)cc2)c(OC)c1. The van der Waals surface area contributed by atoms with Crippen LogP contribution in [-0.2, 0) is 19.6 Å². The third-order valence-corrected chi connectivity index (χ3v) is 6.03. The van der Waals surface area contributed by atoms with Gasteiger partial charge in [-0.25, -0.2) is 8.42 Å². The highest BCUT2D eigenvalue weighted by molar-refractivity contribution is 7.89. The van der Waals surface area contributed by atoms with Gasteiger partial charge in [0.15, 0.2) is 0 Å². The zero-order valence-electron chi connectivity index (χ0n) is 18.1. The Morgan fingerprint density at radius 3 is 2.16 bits per heavy atom. The molecular formula is C21H27N3O6S. The maximum Gasteiger partial charge on any atom is 0.241 e. The highest BCUT2D eigenvalue weighted by Crippen LogP contribution is 2.29. The lowest BCUT2D eigenvalue weighted by Gasteiger charge is -2.21. The molecule has 2 atom stereocenters. The second kappa shape index (κ2) is 10.3. The molecule has 1 unspecified atom stereocenters. The van der Waals surface area contributed by atoms with Gasteiger partial charge in [-0.3, -0.25) is 9.59 Å². The summed E-state index contributed by atoms with van der Waals surface area (Å²) >= 11 is 0. The summed E-state index contributed by atoms with van der Waals surface area (Å²) in [5.74, 6) is 0.398. The first kappa shape index (κ1) is 24.2. The number of anilines is 1. The molecule has 0 aliphatic rings. The van der Waals surface area contributed by atoms with Crippen LogP contribution in [0.2, 0.25) is 0 Å². The molecule has 168 valence electrons. The Hall–Kier alpha value is -3.11. The van der Waals surface area contributed by atoms with Crippen molar-refractivity contribution in [1.82, 2.24) is 10.0 Å². The number of carbonyl (C=O) groups excluding carboxylic acids is 2. The number of carbonyl (C=O) groups is 2. The minimum absolute atomic E-state index is 0.0221. The number of rotatable bonds is 9. The lowest BCUT2D eigenvalue weighted by Crippen LogP contribution is -2.45. The molecule has 2 aromatic carbocycles. The van der Waals surface area contributed by atoms with E-state index in [-0.39, 0.29) is 10.8 Å². The van der Waals surface area contributed by atoms with Crippen LogP contribution in [0.15, 0.2) is 47.4 Å². The van der Waals surface area contributed by atoms with E-state index in [9.17, 15) is 18.0 Å².